The van der Waals surface area contributed by atoms with Crippen LogP contribution in [-0.2, 0) is 4.74 Å². The van der Waals surface area contributed by atoms with Gasteiger partial charge in [0.2, 0.25) is 5.95 Å². The third-order valence-electron chi connectivity index (χ3n) is 4.76. The van der Waals surface area contributed by atoms with Gasteiger partial charge in [-0.2, -0.15) is 5.10 Å². The van der Waals surface area contributed by atoms with E-state index in [0.717, 1.165) is 52.8 Å². The van der Waals surface area contributed by atoms with Crippen LogP contribution in [0.1, 0.15) is 0 Å². The van der Waals surface area contributed by atoms with E-state index in [1.165, 1.54) is 5.69 Å². The van der Waals surface area contributed by atoms with Gasteiger partial charge in [-0.1, -0.05) is 11.8 Å². The SMILES string of the molecule is c1cc(Sc2ccc3[nH]ncc3c2)nc(Nc2ccc(N3CCOCC3)cc2)n1. The fourth-order valence-electron chi connectivity index (χ4n) is 3.27. The molecule has 146 valence electrons. The van der Waals surface area contributed by atoms with Crippen molar-refractivity contribution in [1.29, 1.82) is 0 Å². The van der Waals surface area contributed by atoms with Crippen LogP contribution in [0.4, 0.5) is 17.3 Å². The van der Waals surface area contributed by atoms with Gasteiger partial charge in [-0.3, -0.25) is 5.10 Å². The second kappa shape index (κ2) is 8.10. The van der Waals surface area contributed by atoms with Gasteiger partial charge in [0.15, 0.2) is 0 Å². The maximum absolute atomic E-state index is 5.42. The zero-order valence-electron chi connectivity index (χ0n) is 15.7. The first-order chi connectivity index (χ1) is 14.3. The van der Waals surface area contributed by atoms with Crippen LogP contribution in [0.3, 0.4) is 0 Å². The van der Waals surface area contributed by atoms with Crippen molar-refractivity contribution in [2.75, 3.05) is 36.5 Å². The van der Waals surface area contributed by atoms with Crippen molar-refractivity contribution in [2.45, 2.75) is 9.92 Å². The average Bonchev–Trinajstić information content (AvgIpc) is 3.23. The fraction of sp³-hybridized carbons (Fsp3) is 0.190. The van der Waals surface area contributed by atoms with Crippen LogP contribution < -0.4 is 10.2 Å². The van der Waals surface area contributed by atoms with E-state index in [0.29, 0.717) is 5.95 Å². The lowest BCUT2D eigenvalue weighted by Gasteiger charge is -2.28. The predicted molar refractivity (Wildman–Crippen MR) is 115 cm³/mol. The van der Waals surface area contributed by atoms with Gasteiger partial charge in [-0.05, 0) is 48.5 Å². The van der Waals surface area contributed by atoms with Gasteiger partial charge >= 0.3 is 0 Å². The Bertz CT molecular complexity index is 1110. The highest BCUT2D eigenvalue weighted by atomic mass is 32.2. The Morgan fingerprint density at radius 2 is 1.90 bits per heavy atom. The summed E-state index contributed by atoms with van der Waals surface area (Å²) in [7, 11) is 0. The molecule has 0 saturated carbocycles. The lowest BCUT2D eigenvalue weighted by molar-refractivity contribution is 0.122. The van der Waals surface area contributed by atoms with E-state index in [9.17, 15) is 0 Å². The Labute approximate surface area is 172 Å². The quantitative estimate of drug-likeness (QED) is 0.485. The molecule has 0 unspecified atom stereocenters. The molecule has 1 fully saturated rings. The van der Waals surface area contributed by atoms with Crippen LogP contribution in [0.5, 0.6) is 0 Å². The third kappa shape index (κ3) is 4.18. The van der Waals surface area contributed by atoms with Gasteiger partial charge in [-0.15, -0.1) is 0 Å². The molecule has 29 heavy (non-hydrogen) atoms. The summed E-state index contributed by atoms with van der Waals surface area (Å²) < 4.78 is 5.42. The normalized spacial score (nSPS) is 14.3. The molecule has 0 bridgehead atoms. The molecule has 0 radical (unpaired) electrons. The Hall–Kier alpha value is -3.10. The van der Waals surface area contributed by atoms with Gasteiger partial charge in [0, 0.05) is 40.9 Å². The molecule has 0 aliphatic carbocycles. The number of ether oxygens (including phenoxy) is 1. The lowest BCUT2D eigenvalue weighted by Crippen LogP contribution is -2.36. The van der Waals surface area contributed by atoms with Crippen molar-refractivity contribution < 1.29 is 4.74 Å². The van der Waals surface area contributed by atoms with E-state index in [2.05, 4.69) is 66.8 Å². The van der Waals surface area contributed by atoms with Gasteiger partial charge < -0.3 is 15.0 Å². The molecule has 2 aromatic heterocycles. The van der Waals surface area contributed by atoms with Crippen LogP contribution >= 0.6 is 11.8 Å². The van der Waals surface area contributed by atoms with Crippen molar-refractivity contribution in [3.8, 4) is 0 Å². The number of fused-ring (bicyclic) bond motifs is 1. The van der Waals surface area contributed by atoms with Gasteiger partial charge in [0.1, 0.15) is 5.03 Å². The first-order valence-electron chi connectivity index (χ1n) is 9.47. The predicted octanol–water partition coefficient (Wildman–Crippen LogP) is 4.08. The maximum atomic E-state index is 5.42. The van der Waals surface area contributed by atoms with Gasteiger partial charge in [0.05, 0.1) is 24.9 Å². The Morgan fingerprint density at radius 1 is 1.03 bits per heavy atom. The second-order valence-electron chi connectivity index (χ2n) is 6.71. The number of rotatable bonds is 5. The average molecular weight is 404 g/mol. The molecular formula is C21H20N6OS. The topological polar surface area (TPSA) is 79.0 Å². The number of morpholine rings is 1. The number of anilines is 3. The highest BCUT2D eigenvalue weighted by Gasteiger charge is 2.11. The number of H-pyrrole nitrogens is 1. The first-order valence-corrected chi connectivity index (χ1v) is 10.3. The summed E-state index contributed by atoms with van der Waals surface area (Å²) in [6.45, 7) is 3.43. The number of aromatic amines is 1. The van der Waals surface area contributed by atoms with Crippen molar-refractivity contribution in [2.24, 2.45) is 0 Å². The largest absolute Gasteiger partial charge is 0.378 e. The van der Waals surface area contributed by atoms with E-state index >= 15 is 0 Å². The molecular weight excluding hydrogens is 384 g/mol. The highest BCUT2D eigenvalue weighted by molar-refractivity contribution is 7.99. The van der Waals surface area contributed by atoms with Crippen LogP contribution in [-0.4, -0.2) is 46.5 Å². The minimum absolute atomic E-state index is 0.582. The second-order valence-corrected chi connectivity index (χ2v) is 7.80. The van der Waals surface area contributed by atoms with Gasteiger partial charge in [-0.25, -0.2) is 9.97 Å². The summed E-state index contributed by atoms with van der Waals surface area (Å²) in [5, 5.41) is 12.3. The molecule has 0 amide bonds. The summed E-state index contributed by atoms with van der Waals surface area (Å²) in [6.07, 6.45) is 3.60. The van der Waals surface area contributed by atoms with E-state index < -0.39 is 0 Å². The molecule has 0 atom stereocenters. The maximum Gasteiger partial charge on any atom is 0.228 e. The smallest absolute Gasteiger partial charge is 0.228 e. The van der Waals surface area contributed by atoms with E-state index in [4.69, 9.17) is 4.74 Å². The van der Waals surface area contributed by atoms with Crippen molar-refractivity contribution in [3.63, 3.8) is 0 Å². The molecule has 1 aliphatic rings. The number of benzene rings is 2. The Kier molecular flexibility index (Phi) is 5.02. The molecule has 7 nitrogen and oxygen atoms in total. The summed E-state index contributed by atoms with van der Waals surface area (Å²) in [4.78, 5) is 12.4. The number of hydrogen-bond donors (Lipinski definition) is 2. The van der Waals surface area contributed by atoms with Gasteiger partial charge in [0.25, 0.3) is 0 Å². The highest BCUT2D eigenvalue weighted by Crippen LogP contribution is 2.29. The molecule has 3 heterocycles. The molecule has 0 spiro atoms. The minimum Gasteiger partial charge on any atom is -0.378 e. The number of hydrogen-bond acceptors (Lipinski definition) is 7. The summed E-state index contributed by atoms with van der Waals surface area (Å²) in [6, 6.07) is 16.5. The minimum atomic E-state index is 0.582. The van der Waals surface area contributed by atoms with E-state index in [-0.39, 0.29) is 0 Å². The van der Waals surface area contributed by atoms with Crippen LogP contribution in [0.2, 0.25) is 0 Å². The zero-order chi connectivity index (χ0) is 19.5. The molecule has 2 aromatic carbocycles. The summed E-state index contributed by atoms with van der Waals surface area (Å²) in [5.74, 6) is 0.582. The molecule has 1 saturated heterocycles. The van der Waals surface area contributed by atoms with Crippen LogP contribution in [0.15, 0.2) is 70.8 Å². The van der Waals surface area contributed by atoms with Crippen LogP contribution in [0, 0.1) is 0 Å². The molecule has 2 N–H and O–H groups in total. The van der Waals surface area contributed by atoms with Crippen molar-refractivity contribution in [3.05, 3.63) is 60.9 Å². The monoisotopic (exact) mass is 404 g/mol. The van der Waals surface area contributed by atoms with Crippen molar-refractivity contribution in [1.82, 2.24) is 20.2 Å². The standard InChI is InChI=1S/C21H20N6OS/c1-3-17(27-9-11-28-12-10-27)4-2-16(1)24-21-22-8-7-20(25-21)29-18-5-6-19-15(13-18)14-23-26-19/h1-8,13-14H,9-12H2,(H,23,26)(H,22,24,25). The molecule has 8 heteroatoms. The van der Waals surface area contributed by atoms with E-state index in [1.54, 1.807) is 18.0 Å². The first kappa shape index (κ1) is 18.0. The van der Waals surface area contributed by atoms with E-state index in [1.807, 2.05) is 18.3 Å². The van der Waals surface area contributed by atoms with Crippen molar-refractivity contribution >= 4 is 40.0 Å². The fourth-order valence-corrected chi connectivity index (χ4v) is 4.09. The number of aromatic nitrogens is 4. The zero-order valence-corrected chi connectivity index (χ0v) is 16.5. The Balaban J connectivity index is 1.28. The third-order valence-corrected chi connectivity index (χ3v) is 5.69. The lowest BCUT2D eigenvalue weighted by atomic mass is 10.2. The molecule has 5 rings (SSSR count). The molecule has 4 aromatic rings. The van der Waals surface area contributed by atoms with Crippen LogP contribution in [0.25, 0.3) is 10.9 Å². The number of nitrogens with zero attached hydrogens (tertiary/aromatic N) is 4. The number of nitrogens with one attached hydrogen (secondary N) is 2. The summed E-state index contributed by atoms with van der Waals surface area (Å²) in [5.41, 5.74) is 3.20. The Morgan fingerprint density at radius 3 is 2.76 bits per heavy atom. The summed E-state index contributed by atoms with van der Waals surface area (Å²) >= 11 is 1.60. The molecule has 1 aliphatic heterocycles.